The molecule has 0 aliphatic carbocycles. The Morgan fingerprint density at radius 3 is 2.80 bits per heavy atom. The molecule has 0 radical (unpaired) electrons. The van der Waals surface area contributed by atoms with Gasteiger partial charge in [0.2, 0.25) is 0 Å². The molecule has 2 rings (SSSR count). The molecular weight excluding hydrogens is 272 g/mol. The molecule has 15 heavy (non-hydrogen) atoms. The maximum atomic E-state index is 5.54. The van der Waals surface area contributed by atoms with Crippen LogP contribution in [0.5, 0.6) is 0 Å². The molecule has 4 heteroatoms. The average molecular weight is 285 g/mol. The smallest absolute Gasteiger partial charge is 0.0951 e. The molecule has 0 aliphatic rings. The summed E-state index contributed by atoms with van der Waals surface area (Å²) >= 11 is 5.31. The molecule has 0 unspecified atom stereocenters. The molecule has 80 valence electrons. The van der Waals surface area contributed by atoms with Crippen LogP contribution in [0.2, 0.25) is 0 Å². The first-order valence-electron chi connectivity index (χ1n) is 4.88. The van der Waals surface area contributed by atoms with Crippen molar-refractivity contribution in [3.8, 4) is 0 Å². The quantitative estimate of drug-likeness (QED) is 0.920. The minimum absolute atomic E-state index is 0.666. The van der Waals surface area contributed by atoms with Gasteiger partial charge in [0, 0.05) is 10.9 Å². The lowest BCUT2D eigenvalue weighted by molar-refractivity contribution is 0.957. The summed E-state index contributed by atoms with van der Waals surface area (Å²) in [5.41, 5.74) is 9.20. The predicted octanol–water partition coefficient (Wildman–Crippen LogP) is 3.18. The molecular formula is C11H13BrN2S. The van der Waals surface area contributed by atoms with Crippen molar-refractivity contribution < 1.29 is 0 Å². The van der Waals surface area contributed by atoms with Crippen LogP contribution in [0.3, 0.4) is 0 Å². The number of rotatable bonds is 2. The molecule has 0 aliphatic heterocycles. The first kappa shape index (κ1) is 11.0. The summed E-state index contributed by atoms with van der Waals surface area (Å²) in [6.07, 6.45) is 0.870. The van der Waals surface area contributed by atoms with Crippen LogP contribution in [0, 0.1) is 13.8 Å². The lowest BCUT2D eigenvalue weighted by Crippen LogP contribution is -2.01. The van der Waals surface area contributed by atoms with Gasteiger partial charge >= 0.3 is 0 Å². The topological polar surface area (TPSA) is 38.9 Å². The van der Waals surface area contributed by atoms with Crippen molar-refractivity contribution in [2.24, 2.45) is 5.73 Å². The van der Waals surface area contributed by atoms with Crippen molar-refractivity contribution in [1.29, 1.82) is 0 Å². The van der Waals surface area contributed by atoms with Crippen LogP contribution in [0.15, 0.2) is 10.5 Å². The molecule has 0 spiro atoms. The van der Waals surface area contributed by atoms with Gasteiger partial charge in [0.25, 0.3) is 0 Å². The fourth-order valence-corrected chi connectivity index (χ4v) is 3.32. The Balaban J connectivity index is 2.65. The minimum atomic E-state index is 0.666. The molecule has 0 amide bonds. The zero-order valence-electron chi connectivity index (χ0n) is 8.80. The van der Waals surface area contributed by atoms with Crippen molar-refractivity contribution in [3.63, 3.8) is 0 Å². The molecule has 0 saturated carbocycles. The normalized spacial score (nSPS) is 11.2. The average Bonchev–Trinajstić information content (AvgIpc) is 2.58. The van der Waals surface area contributed by atoms with Gasteiger partial charge in [0.05, 0.1) is 15.2 Å². The third-order valence-corrected chi connectivity index (χ3v) is 4.48. The molecule has 0 saturated heterocycles. The van der Waals surface area contributed by atoms with Crippen molar-refractivity contribution in [3.05, 3.63) is 26.7 Å². The highest BCUT2D eigenvalue weighted by atomic mass is 79.9. The number of aryl methyl sites for hydroxylation is 1. The van der Waals surface area contributed by atoms with Crippen LogP contribution in [-0.4, -0.2) is 11.5 Å². The molecule has 1 aromatic heterocycles. The summed E-state index contributed by atoms with van der Waals surface area (Å²) in [6.45, 7) is 4.90. The number of hydrogen-bond donors (Lipinski definition) is 1. The van der Waals surface area contributed by atoms with Crippen molar-refractivity contribution >= 4 is 37.5 Å². The van der Waals surface area contributed by atoms with E-state index in [-0.39, 0.29) is 0 Å². The van der Waals surface area contributed by atoms with Crippen molar-refractivity contribution in [2.75, 3.05) is 6.54 Å². The Kier molecular flexibility index (Phi) is 3.09. The number of aromatic nitrogens is 1. The van der Waals surface area contributed by atoms with Crippen LogP contribution in [-0.2, 0) is 6.42 Å². The number of halogens is 1. The van der Waals surface area contributed by atoms with E-state index in [4.69, 9.17) is 5.73 Å². The summed E-state index contributed by atoms with van der Waals surface area (Å²) in [5, 5.41) is 1.13. The maximum absolute atomic E-state index is 5.54. The summed E-state index contributed by atoms with van der Waals surface area (Å²) in [4.78, 5) is 4.62. The summed E-state index contributed by atoms with van der Waals surface area (Å²) in [5.74, 6) is 0. The van der Waals surface area contributed by atoms with Crippen LogP contribution in [0.1, 0.15) is 16.1 Å². The lowest BCUT2D eigenvalue weighted by atomic mass is 10.1. The second kappa shape index (κ2) is 4.20. The molecule has 2 aromatic rings. The van der Waals surface area contributed by atoms with Crippen LogP contribution in [0.25, 0.3) is 10.2 Å². The molecule has 1 heterocycles. The number of hydrogen-bond acceptors (Lipinski definition) is 3. The lowest BCUT2D eigenvalue weighted by Gasteiger charge is -2.02. The summed E-state index contributed by atoms with van der Waals surface area (Å²) in [7, 11) is 0. The van der Waals surface area contributed by atoms with Crippen molar-refractivity contribution in [2.45, 2.75) is 20.3 Å². The fraction of sp³-hybridized carbons (Fsp3) is 0.364. The Labute approximate surface area is 102 Å². The van der Waals surface area contributed by atoms with Gasteiger partial charge in [-0.05, 0) is 37.6 Å². The van der Waals surface area contributed by atoms with E-state index in [1.807, 2.05) is 0 Å². The Morgan fingerprint density at radius 2 is 2.13 bits per heavy atom. The minimum Gasteiger partial charge on any atom is -0.330 e. The third kappa shape index (κ3) is 1.94. The number of nitrogens with zero attached hydrogens (tertiary/aromatic N) is 1. The van der Waals surface area contributed by atoms with Gasteiger partial charge in [-0.25, -0.2) is 4.98 Å². The maximum Gasteiger partial charge on any atom is 0.0951 e. The van der Waals surface area contributed by atoms with Gasteiger partial charge in [-0.15, -0.1) is 11.3 Å². The van der Waals surface area contributed by atoms with E-state index in [2.05, 4.69) is 40.8 Å². The molecule has 0 bridgehead atoms. The number of benzene rings is 1. The SMILES string of the molecule is Cc1c(Br)cc2sc(CCN)nc2c1C. The molecule has 0 fully saturated rings. The molecule has 1 aromatic carbocycles. The largest absolute Gasteiger partial charge is 0.330 e. The zero-order valence-corrected chi connectivity index (χ0v) is 11.2. The van der Waals surface area contributed by atoms with E-state index in [0.717, 1.165) is 21.4 Å². The van der Waals surface area contributed by atoms with E-state index >= 15 is 0 Å². The molecule has 0 atom stereocenters. The number of thiazole rings is 1. The monoisotopic (exact) mass is 284 g/mol. The fourth-order valence-electron chi connectivity index (χ4n) is 1.55. The summed E-state index contributed by atoms with van der Waals surface area (Å²) < 4.78 is 2.41. The van der Waals surface area contributed by atoms with Gasteiger partial charge in [-0.2, -0.15) is 0 Å². The predicted molar refractivity (Wildman–Crippen MR) is 69.6 cm³/mol. The van der Waals surface area contributed by atoms with E-state index in [9.17, 15) is 0 Å². The van der Waals surface area contributed by atoms with E-state index in [1.165, 1.54) is 15.8 Å². The summed E-state index contributed by atoms with van der Waals surface area (Å²) in [6, 6.07) is 2.15. The highest BCUT2D eigenvalue weighted by Gasteiger charge is 2.09. The number of nitrogens with two attached hydrogens (primary N) is 1. The standard InChI is InChI=1S/C11H13BrN2S/c1-6-7(2)11-9(5-8(6)12)15-10(14-11)3-4-13/h5H,3-4,13H2,1-2H3. The first-order valence-corrected chi connectivity index (χ1v) is 6.49. The Morgan fingerprint density at radius 1 is 1.40 bits per heavy atom. The van der Waals surface area contributed by atoms with Crippen molar-refractivity contribution in [1.82, 2.24) is 4.98 Å². The second-order valence-corrected chi connectivity index (χ2v) is 5.57. The van der Waals surface area contributed by atoms with Crippen LogP contribution >= 0.6 is 27.3 Å². The Hall–Kier alpha value is -0.450. The van der Waals surface area contributed by atoms with Gasteiger partial charge in [-0.3, -0.25) is 0 Å². The van der Waals surface area contributed by atoms with Gasteiger partial charge < -0.3 is 5.73 Å². The molecule has 2 N–H and O–H groups in total. The van der Waals surface area contributed by atoms with E-state index in [1.54, 1.807) is 11.3 Å². The van der Waals surface area contributed by atoms with Gasteiger partial charge in [-0.1, -0.05) is 15.9 Å². The highest BCUT2D eigenvalue weighted by molar-refractivity contribution is 9.10. The molecule has 2 nitrogen and oxygen atoms in total. The highest BCUT2D eigenvalue weighted by Crippen LogP contribution is 2.31. The second-order valence-electron chi connectivity index (χ2n) is 3.60. The van der Waals surface area contributed by atoms with Gasteiger partial charge in [0.15, 0.2) is 0 Å². The Bertz CT molecular complexity index is 505. The number of fused-ring (bicyclic) bond motifs is 1. The van der Waals surface area contributed by atoms with Crippen LogP contribution in [0.4, 0.5) is 0 Å². The third-order valence-electron chi connectivity index (χ3n) is 2.59. The van der Waals surface area contributed by atoms with Gasteiger partial charge in [0.1, 0.15) is 0 Å². The van der Waals surface area contributed by atoms with E-state index in [0.29, 0.717) is 6.54 Å². The first-order chi connectivity index (χ1) is 7.13. The van der Waals surface area contributed by atoms with E-state index < -0.39 is 0 Å². The zero-order chi connectivity index (χ0) is 11.0. The van der Waals surface area contributed by atoms with Crippen LogP contribution < -0.4 is 5.73 Å².